The quantitative estimate of drug-likeness (QED) is 0.740. The van der Waals surface area contributed by atoms with Crippen LogP contribution in [0.2, 0.25) is 0 Å². The predicted octanol–water partition coefficient (Wildman–Crippen LogP) is 2.08. The van der Waals surface area contributed by atoms with Crippen LogP contribution >= 0.6 is 0 Å². The van der Waals surface area contributed by atoms with Crippen LogP contribution in [0.15, 0.2) is 36.5 Å². The highest BCUT2D eigenvalue weighted by Gasteiger charge is 1.96. The number of benzene rings is 1. The highest BCUT2D eigenvalue weighted by molar-refractivity contribution is 5.15. The fourth-order valence-corrected chi connectivity index (χ4v) is 1.10. The van der Waals surface area contributed by atoms with Gasteiger partial charge in [-0.15, -0.1) is 6.42 Å². The molecule has 16 heavy (non-hydrogen) atoms. The molecule has 0 unspecified atom stereocenters. The Morgan fingerprint density at radius 1 is 1.44 bits per heavy atom. The molecule has 1 N–H and O–H groups in total. The first-order valence-electron chi connectivity index (χ1n) is 4.89. The van der Waals surface area contributed by atoms with Gasteiger partial charge in [-0.25, -0.2) is 4.39 Å². The minimum Gasteiger partial charge on any atom is -0.376 e. The van der Waals surface area contributed by atoms with Crippen molar-refractivity contribution in [2.24, 2.45) is 0 Å². The molecule has 0 spiro atoms. The normalized spacial score (nSPS) is 9.50. The SMILES string of the molecule is C#CCNC(=C)COCc1ccc(F)cc1. The lowest BCUT2D eigenvalue weighted by Gasteiger charge is -2.07. The Morgan fingerprint density at radius 2 is 2.12 bits per heavy atom. The summed E-state index contributed by atoms with van der Waals surface area (Å²) < 4.78 is 18.0. The van der Waals surface area contributed by atoms with Gasteiger partial charge >= 0.3 is 0 Å². The highest BCUT2D eigenvalue weighted by Crippen LogP contribution is 2.04. The van der Waals surface area contributed by atoms with Gasteiger partial charge in [0.2, 0.25) is 0 Å². The van der Waals surface area contributed by atoms with Crippen LogP contribution in [0.5, 0.6) is 0 Å². The van der Waals surface area contributed by atoms with Gasteiger partial charge in [-0.05, 0) is 17.7 Å². The smallest absolute Gasteiger partial charge is 0.123 e. The minimum absolute atomic E-state index is 0.246. The van der Waals surface area contributed by atoms with E-state index in [0.29, 0.717) is 19.8 Å². The summed E-state index contributed by atoms with van der Waals surface area (Å²) in [6.45, 7) is 5.00. The van der Waals surface area contributed by atoms with Crippen LogP contribution in [-0.2, 0) is 11.3 Å². The minimum atomic E-state index is -0.246. The molecule has 0 saturated heterocycles. The summed E-state index contributed by atoms with van der Waals surface area (Å²) in [5.74, 6) is 2.20. The van der Waals surface area contributed by atoms with Crippen LogP contribution in [0.1, 0.15) is 5.56 Å². The molecule has 1 aromatic rings. The van der Waals surface area contributed by atoms with E-state index in [0.717, 1.165) is 11.3 Å². The second-order valence-corrected chi connectivity index (χ2v) is 3.28. The first-order valence-corrected chi connectivity index (χ1v) is 4.89. The van der Waals surface area contributed by atoms with Gasteiger partial charge < -0.3 is 10.1 Å². The maximum atomic E-state index is 12.6. The number of hydrogen-bond acceptors (Lipinski definition) is 2. The molecule has 1 rings (SSSR count). The Kier molecular flexibility index (Phi) is 5.10. The van der Waals surface area contributed by atoms with E-state index < -0.39 is 0 Å². The molecule has 0 saturated carbocycles. The van der Waals surface area contributed by atoms with Crippen molar-refractivity contribution in [2.75, 3.05) is 13.2 Å². The molecule has 84 valence electrons. The zero-order valence-electron chi connectivity index (χ0n) is 9.00. The molecule has 0 fully saturated rings. The Bertz CT molecular complexity index is 378. The Balaban J connectivity index is 2.23. The van der Waals surface area contributed by atoms with E-state index in [1.54, 1.807) is 12.1 Å². The summed E-state index contributed by atoms with van der Waals surface area (Å²) in [5.41, 5.74) is 1.66. The van der Waals surface area contributed by atoms with Gasteiger partial charge in [0.25, 0.3) is 0 Å². The van der Waals surface area contributed by atoms with Crippen molar-refractivity contribution in [1.82, 2.24) is 5.32 Å². The van der Waals surface area contributed by atoms with E-state index in [4.69, 9.17) is 11.2 Å². The van der Waals surface area contributed by atoms with Crippen molar-refractivity contribution < 1.29 is 9.13 Å². The van der Waals surface area contributed by atoms with Gasteiger partial charge in [0.15, 0.2) is 0 Å². The fourth-order valence-electron chi connectivity index (χ4n) is 1.10. The van der Waals surface area contributed by atoms with Crippen LogP contribution < -0.4 is 5.32 Å². The first-order chi connectivity index (χ1) is 7.72. The molecule has 0 amide bonds. The predicted molar refractivity (Wildman–Crippen MR) is 62.0 cm³/mol. The molecule has 0 bridgehead atoms. The maximum absolute atomic E-state index is 12.6. The summed E-state index contributed by atoms with van der Waals surface area (Å²) in [6.07, 6.45) is 5.08. The molecule has 2 nitrogen and oxygen atoms in total. The summed E-state index contributed by atoms with van der Waals surface area (Å²) in [4.78, 5) is 0. The summed E-state index contributed by atoms with van der Waals surface area (Å²) in [6, 6.07) is 6.19. The Morgan fingerprint density at radius 3 is 2.75 bits per heavy atom. The lowest BCUT2D eigenvalue weighted by Crippen LogP contribution is -2.16. The number of halogens is 1. The Labute approximate surface area is 95.1 Å². The van der Waals surface area contributed by atoms with Crippen molar-refractivity contribution in [1.29, 1.82) is 0 Å². The van der Waals surface area contributed by atoms with E-state index in [1.165, 1.54) is 12.1 Å². The number of hydrogen-bond donors (Lipinski definition) is 1. The van der Waals surface area contributed by atoms with Gasteiger partial charge in [0.05, 0.1) is 19.8 Å². The molecule has 0 heterocycles. The molecule has 0 aliphatic heterocycles. The average molecular weight is 219 g/mol. The standard InChI is InChI=1S/C13H14FNO/c1-3-8-15-11(2)9-16-10-12-4-6-13(14)7-5-12/h1,4-7,15H,2,8-10H2. The highest BCUT2D eigenvalue weighted by atomic mass is 19.1. The van der Waals surface area contributed by atoms with Gasteiger partial charge in [-0.3, -0.25) is 0 Å². The largest absolute Gasteiger partial charge is 0.376 e. The monoisotopic (exact) mass is 219 g/mol. The van der Waals surface area contributed by atoms with Crippen molar-refractivity contribution in [3.63, 3.8) is 0 Å². The lowest BCUT2D eigenvalue weighted by atomic mass is 10.2. The van der Waals surface area contributed by atoms with Crippen LogP contribution in [-0.4, -0.2) is 13.2 Å². The first kappa shape index (κ1) is 12.3. The van der Waals surface area contributed by atoms with Crippen molar-refractivity contribution in [3.05, 3.63) is 47.9 Å². The Hall–Kier alpha value is -1.79. The third-order valence-electron chi connectivity index (χ3n) is 1.90. The second-order valence-electron chi connectivity index (χ2n) is 3.28. The van der Waals surface area contributed by atoms with Crippen LogP contribution in [0.4, 0.5) is 4.39 Å². The maximum Gasteiger partial charge on any atom is 0.123 e. The van der Waals surface area contributed by atoms with Gasteiger partial charge in [0.1, 0.15) is 5.82 Å². The van der Waals surface area contributed by atoms with Crippen LogP contribution in [0.25, 0.3) is 0 Å². The number of terminal acetylenes is 1. The summed E-state index contributed by atoms with van der Waals surface area (Å²) >= 11 is 0. The molecule has 0 atom stereocenters. The summed E-state index contributed by atoms with van der Waals surface area (Å²) in [5, 5.41) is 2.91. The van der Waals surface area contributed by atoms with Crippen molar-refractivity contribution in [2.45, 2.75) is 6.61 Å². The van der Waals surface area contributed by atoms with Gasteiger partial charge in [-0.1, -0.05) is 24.6 Å². The van der Waals surface area contributed by atoms with Crippen LogP contribution in [0.3, 0.4) is 0 Å². The van der Waals surface area contributed by atoms with E-state index in [2.05, 4.69) is 17.8 Å². The second kappa shape index (κ2) is 6.65. The number of nitrogens with one attached hydrogen (secondary N) is 1. The lowest BCUT2D eigenvalue weighted by molar-refractivity contribution is 0.139. The van der Waals surface area contributed by atoms with Crippen molar-refractivity contribution in [3.8, 4) is 12.3 Å². The van der Waals surface area contributed by atoms with E-state index in [9.17, 15) is 4.39 Å². The molecule has 3 heteroatoms. The molecule has 0 radical (unpaired) electrons. The zero-order chi connectivity index (χ0) is 11.8. The third kappa shape index (κ3) is 4.63. The van der Waals surface area contributed by atoms with E-state index >= 15 is 0 Å². The number of rotatable bonds is 6. The average Bonchev–Trinajstić information content (AvgIpc) is 2.29. The van der Waals surface area contributed by atoms with E-state index in [-0.39, 0.29) is 5.82 Å². The molecule has 1 aromatic carbocycles. The zero-order valence-corrected chi connectivity index (χ0v) is 9.00. The molecular formula is C13H14FNO. The topological polar surface area (TPSA) is 21.3 Å². The van der Waals surface area contributed by atoms with Gasteiger partial charge in [-0.2, -0.15) is 0 Å². The molecule has 0 aliphatic rings. The van der Waals surface area contributed by atoms with E-state index in [1.807, 2.05) is 0 Å². The summed E-state index contributed by atoms with van der Waals surface area (Å²) in [7, 11) is 0. The van der Waals surface area contributed by atoms with Crippen molar-refractivity contribution >= 4 is 0 Å². The molecule has 0 aromatic heterocycles. The fraction of sp³-hybridized carbons (Fsp3) is 0.231. The molecular weight excluding hydrogens is 205 g/mol. The van der Waals surface area contributed by atoms with Crippen LogP contribution in [0, 0.1) is 18.2 Å². The molecule has 0 aliphatic carbocycles. The third-order valence-corrected chi connectivity index (χ3v) is 1.90. The number of ether oxygens (including phenoxy) is 1. The van der Waals surface area contributed by atoms with Gasteiger partial charge in [0, 0.05) is 5.70 Å².